The summed E-state index contributed by atoms with van der Waals surface area (Å²) >= 11 is 0. The van der Waals surface area contributed by atoms with Gasteiger partial charge in [0.2, 0.25) is 0 Å². The minimum absolute atomic E-state index is 0.0112. The number of benzene rings is 1. The lowest BCUT2D eigenvalue weighted by molar-refractivity contribution is -0.137. The van der Waals surface area contributed by atoms with E-state index in [-0.39, 0.29) is 11.5 Å². The Morgan fingerprint density at radius 3 is 2.77 bits per heavy atom. The first-order chi connectivity index (χ1) is 14.3. The summed E-state index contributed by atoms with van der Waals surface area (Å²) in [5, 5.41) is 11.2. The van der Waals surface area contributed by atoms with E-state index in [0.717, 1.165) is 61.9 Å². The number of nitrogens with one attached hydrogen (secondary N) is 2. The number of aliphatic imine (C=N–C) groups is 1. The van der Waals surface area contributed by atoms with Crippen LogP contribution in [0.15, 0.2) is 29.3 Å². The maximum absolute atomic E-state index is 13.2. The Hall–Kier alpha value is -2.58. The molecule has 4 rings (SSSR count). The van der Waals surface area contributed by atoms with Gasteiger partial charge in [-0.3, -0.25) is 4.99 Å². The molecule has 0 amide bonds. The summed E-state index contributed by atoms with van der Waals surface area (Å²) in [6.07, 6.45) is 0.316. The normalized spacial score (nSPS) is 21.0. The number of aromatic nitrogens is 3. The van der Waals surface area contributed by atoms with Gasteiger partial charge in [0.15, 0.2) is 5.96 Å². The molecular formula is C21H27F3N6. The molecule has 1 unspecified atom stereocenters. The Balaban J connectivity index is 1.46. The average molecular weight is 420 g/mol. The van der Waals surface area contributed by atoms with Crippen molar-refractivity contribution in [3.8, 4) is 0 Å². The molecule has 0 radical (unpaired) electrons. The summed E-state index contributed by atoms with van der Waals surface area (Å²) in [5.41, 5.74) is -0.160. The third-order valence-corrected chi connectivity index (χ3v) is 6.22. The molecule has 1 saturated carbocycles. The molecule has 162 valence electrons. The number of nitrogens with zero attached hydrogens (tertiary/aromatic N) is 4. The average Bonchev–Trinajstić information content (AvgIpc) is 3.07. The van der Waals surface area contributed by atoms with E-state index in [1.807, 2.05) is 11.6 Å². The molecule has 1 aromatic heterocycles. The molecular weight excluding hydrogens is 393 g/mol. The van der Waals surface area contributed by atoms with Gasteiger partial charge in [-0.25, -0.2) is 9.67 Å². The van der Waals surface area contributed by atoms with Gasteiger partial charge in [-0.05, 0) is 44.2 Å². The minimum Gasteiger partial charge on any atom is -0.356 e. The van der Waals surface area contributed by atoms with Gasteiger partial charge in [0.25, 0.3) is 0 Å². The predicted molar refractivity (Wildman–Crippen MR) is 108 cm³/mol. The summed E-state index contributed by atoms with van der Waals surface area (Å²) in [6.45, 7) is 3.27. The van der Waals surface area contributed by atoms with Crippen molar-refractivity contribution in [3.05, 3.63) is 47.0 Å². The summed E-state index contributed by atoms with van der Waals surface area (Å²) in [5.74, 6) is 2.28. The van der Waals surface area contributed by atoms with E-state index in [0.29, 0.717) is 12.5 Å². The van der Waals surface area contributed by atoms with Crippen LogP contribution < -0.4 is 10.6 Å². The van der Waals surface area contributed by atoms with Crippen molar-refractivity contribution >= 4 is 5.96 Å². The van der Waals surface area contributed by atoms with Crippen molar-refractivity contribution in [2.24, 2.45) is 4.99 Å². The van der Waals surface area contributed by atoms with Crippen molar-refractivity contribution in [1.29, 1.82) is 0 Å². The van der Waals surface area contributed by atoms with Crippen molar-refractivity contribution in [1.82, 2.24) is 25.4 Å². The molecule has 0 bridgehead atoms. The van der Waals surface area contributed by atoms with Crippen LogP contribution in [0.5, 0.6) is 0 Å². The second-order valence-electron chi connectivity index (χ2n) is 8.22. The quantitative estimate of drug-likeness (QED) is 0.584. The second-order valence-corrected chi connectivity index (χ2v) is 8.22. The molecule has 1 fully saturated rings. The van der Waals surface area contributed by atoms with Gasteiger partial charge in [0.1, 0.15) is 11.6 Å². The fourth-order valence-corrected chi connectivity index (χ4v) is 4.41. The third-order valence-electron chi connectivity index (χ3n) is 6.22. The van der Waals surface area contributed by atoms with Gasteiger partial charge in [-0.15, -0.1) is 0 Å². The number of alkyl halides is 3. The fourth-order valence-electron chi connectivity index (χ4n) is 4.41. The Labute approximate surface area is 174 Å². The van der Waals surface area contributed by atoms with Crippen LogP contribution in [0.2, 0.25) is 0 Å². The van der Waals surface area contributed by atoms with Gasteiger partial charge >= 0.3 is 6.18 Å². The third kappa shape index (κ3) is 4.02. The van der Waals surface area contributed by atoms with Crippen LogP contribution >= 0.6 is 0 Å². The van der Waals surface area contributed by atoms with Gasteiger partial charge in [0, 0.05) is 25.6 Å². The Morgan fingerprint density at radius 1 is 1.30 bits per heavy atom. The highest BCUT2D eigenvalue weighted by Crippen LogP contribution is 2.44. The molecule has 2 heterocycles. The molecule has 1 aromatic carbocycles. The molecule has 0 spiro atoms. The zero-order valence-corrected chi connectivity index (χ0v) is 17.3. The van der Waals surface area contributed by atoms with Crippen LogP contribution in [-0.4, -0.2) is 34.3 Å². The summed E-state index contributed by atoms with van der Waals surface area (Å²) in [4.78, 5) is 8.87. The van der Waals surface area contributed by atoms with Crippen LogP contribution in [0.3, 0.4) is 0 Å². The number of hydrogen-bond donors (Lipinski definition) is 2. The van der Waals surface area contributed by atoms with Crippen molar-refractivity contribution in [3.63, 3.8) is 0 Å². The maximum atomic E-state index is 13.2. The molecule has 1 atom stereocenters. The summed E-state index contributed by atoms with van der Waals surface area (Å²) in [7, 11) is 1.70. The molecule has 2 N–H and O–H groups in total. The second kappa shape index (κ2) is 7.92. The standard InChI is InChI=1S/C21H27F3N6/c1-14-27-18-17(8-4-11-30(18)29-14)28-19(25-2)26-13-20(9-5-10-20)15-6-3-7-16(12-15)21(22,23)24/h3,6-7,12,17H,4-5,8-11,13H2,1-2H3,(H2,25,26,28). The first-order valence-corrected chi connectivity index (χ1v) is 10.4. The van der Waals surface area contributed by atoms with E-state index in [4.69, 9.17) is 0 Å². The first kappa shape index (κ1) is 20.7. The maximum Gasteiger partial charge on any atom is 0.416 e. The lowest BCUT2D eigenvalue weighted by Crippen LogP contribution is -2.50. The van der Waals surface area contributed by atoms with Gasteiger partial charge in [0.05, 0.1) is 11.6 Å². The molecule has 0 saturated heterocycles. The molecule has 30 heavy (non-hydrogen) atoms. The predicted octanol–water partition coefficient (Wildman–Crippen LogP) is 3.73. The number of hydrogen-bond acceptors (Lipinski definition) is 3. The van der Waals surface area contributed by atoms with E-state index in [2.05, 4.69) is 25.7 Å². The largest absolute Gasteiger partial charge is 0.416 e. The molecule has 1 aliphatic carbocycles. The lowest BCUT2D eigenvalue weighted by atomic mass is 9.64. The Kier molecular flexibility index (Phi) is 5.46. The van der Waals surface area contributed by atoms with Crippen LogP contribution in [0.4, 0.5) is 13.2 Å². The van der Waals surface area contributed by atoms with Crippen LogP contribution in [-0.2, 0) is 18.1 Å². The minimum atomic E-state index is -4.33. The van der Waals surface area contributed by atoms with Crippen LogP contribution in [0.1, 0.15) is 60.9 Å². The number of halogens is 3. The first-order valence-electron chi connectivity index (χ1n) is 10.4. The zero-order chi connectivity index (χ0) is 21.4. The summed E-state index contributed by atoms with van der Waals surface area (Å²) in [6, 6.07) is 5.74. The summed E-state index contributed by atoms with van der Waals surface area (Å²) < 4.78 is 41.4. The van der Waals surface area contributed by atoms with Gasteiger partial charge < -0.3 is 10.6 Å². The van der Waals surface area contributed by atoms with Crippen molar-refractivity contribution in [2.75, 3.05) is 13.6 Å². The molecule has 2 aliphatic rings. The monoisotopic (exact) mass is 420 g/mol. The van der Waals surface area contributed by atoms with E-state index in [1.54, 1.807) is 13.1 Å². The molecule has 6 nitrogen and oxygen atoms in total. The van der Waals surface area contributed by atoms with Crippen LogP contribution in [0.25, 0.3) is 0 Å². The highest BCUT2D eigenvalue weighted by Gasteiger charge is 2.40. The highest BCUT2D eigenvalue weighted by atomic mass is 19.4. The zero-order valence-electron chi connectivity index (χ0n) is 17.3. The number of fused-ring (bicyclic) bond motifs is 1. The molecule has 2 aromatic rings. The topological polar surface area (TPSA) is 67.1 Å². The number of aryl methyl sites for hydroxylation is 2. The SMILES string of the molecule is CN=C(NCC1(c2cccc(C(F)(F)F)c2)CCC1)NC1CCCn2nc(C)nc21. The molecule has 1 aliphatic heterocycles. The Morgan fingerprint density at radius 2 is 2.10 bits per heavy atom. The lowest BCUT2D eigenvalue weighted by Gasteiger charge is -2.43. The Bertz CT molecular complexity index is 929. The van der Waals surface area contributed by atoms with E-state index in [1.165, 1.54) is 12.1 Å². The number of rotatable bonds is 4. The van der Waals surface area contributed by atoms with E-state index >= 15 is 0 Å². The smallest absolute Gasteiger partial charge is 0.356 e. The van der Waals surface area contributed by atoms with Crippen molar-refractivity contribution in [2.45, 2.75) is 63.2 Å². The van der Waals surface area contributed by atoms with Gasteiger partial charge in [-0.1, -0.05) is 24.6 Å². The fraction of sp³-hybridized carbons (Fsp3) is 0.571. The van der Waals surface area contributed by atoms with E-state index in [9.17, 15) is 13.2 Å². The van der Waals surface area contributed by atoms with Crippen LogP contribution in [0, 0.1) is 6.92 Å². The van der Waals surface area contributed by atoms with Crippen molar-refractivity contribution < 1.29 is 13.2 Å². The highest BCUT2D eigenvalue weighted by molar-refractivity contribution is 5.80. The van der Waals surface area contributed by atoms with Gasteiger partial charge in [-0.2, -0.15) is 18.3 Å². The molecule has 9 heteroatoms. The van der Waals surface area contributed by atoms with E-state index < -0.39 is 11.7 Å². The number of guanidine groups is 1.